The summed E-state index contributed by atoms with van der Waals surface area (Å²) in [6.45, 7) is 2.03. The van der Waals surface area contributed by atoms with Crippen LogP contribution >= 0.6 is 0 Å². The Morgan fingerprint density at radius 3 is 2.75 bits per heavy atom. The lowest BCUT2D eigenvalue weighted by Crippen LogP contribution is -2.58. The molecule has 0 spiro atoms. The molecule has 7 nitrogen and oxygen atoms in total. The van der Waals surface area contributed by atoms with Crippen LogP contribution in [0.4, 0.5) is 23.8 Å². The van der Waals surface area contributed by atoms with E-state index >= 15 is 0 Å². The van der Waals surface area contributed by atoms with Gasteiger partial charge in [-0.05, 0) is 13.0 Å². The predicted octanol–water partition coefficient (Wildman–Crippen LogP) is 1.83. The molecule has 1 aromatic rings. The number of esters is 1. The minimum Gasteiger partial charge on any atom is -0.465 e. The van der Waals surface area contributed by atoms with Crippen LogP contribution in [0.25, 0.3) is 0 Å². The lowest BCUT2D eigenvalue weighted by Gasteiger charge is -2.41. The summed E-state index contributed by atoms with van der Waals surface area (Å²) in [6, 6.07) is 0.216. The van der Waals surface area contributed by atoms with E-state index in [4.69, 9.17) is 9.84 Å². The first kappa shape index (κ1) is 16.3. The molecule has 24 heavy (non-hydrogen) atoms. The van der Waals surface area contributed by atoms with Gasteiger partial charge in [-0.3, -0.25) is 0 Å². The number of cyclic esters (lactones) is 1. The summed E-state index contributed by atoms with van der Waals surface area (Å²) in [5.41, 5.74) is -1.29. The first-order valence-electron chi connectivity index (χ1n) is 7.21. The molecule has 3 rings (SSSR count). The number of carboxylic acid groups (broad SMARTS) is 1. The molecule has 1 N–H and O–H groups in total. The Bertz CT molecular complexity index is 694. The Hall–Kier alpha value is -2.52. The average molecular weight is 345 g/mol. The summed E-state index contributed by atoms with van der Waals surface area (Å²) >= 11 is 0. The Morgan fingerprint density at radius 1 is 1.42 bits per heavy atom. The standard InChI is InChI=1S/C14H14F3N3O4/c1-7-10-6-19(13(22)23)2-3-20(10)11-9(12(21)24-7)4-8(5-18-11)14(15,16)17/h4-5,7,10H,2-3,6H2,1H3,(H,22,23)/t7-,10-/m1/s1. The maximum atomic E-state index is 12.9. The van der Waals surface area contributed by atoms with Crippen molar-refractivity contribution in [3.63, 3.8) is 0 Å². The number of aromatic nitrogens is 1. The number of ether oxygens (including phenoxy) is 1. The number of hydrogen-bond donors (Lipinski definition) is 1. The molecule has 1 saturated heterocycles. The third-order valence-corrected chi connectivity index (χ3v) is 4.21. The molecule has 0 unspecified atom stereocenters. The van der Waals surface area contributed by atoms with Crippen molar-refractivity contribution in [2.45, 2.75) is 25.2 Å². The molecule has 10 heteroatoms. The summed E-state index contributed by atoms with van der Waals surface area (Å²) in [5, 5.41) is 9.12. The van der Waals surface area contributed by atoms with Gasteiger partial charge in [0.2, 0.25) is 0 Å². The van der Waals surface area contributed by atoms with Crippen LogP contribution in [0, 0.1) is 0 Å². The third kappa shape index (κ3) is 2.72. The second kappa shape index (κ2) is 5.53. The minimum atomic E-state index is -4.62. The van der Waals surface area contributed by atoms with Gasteiger partial charge in [-0.15, -0.1) is 0 Å². The molecule has 0 radical (unpaired) electrons. The van der Waals surface area contributed by atoms with Crippen LogP contribution in [-0.4, -0.2) is 58.8 Å². The number of carbonyl (C=O) groups excluding carboxylic acids is 1. The molecule has 2 aliphatic heterocycles. The monoisotopic (exact) mass is 345 g/mol. The normalized spacial score (nSPS) is 23.9. The maximum Gasteiger partial charge on any atom is 0.417 e. The van der Waals surface area contributed by atoms with Crippen LogP contribution in [-0.2, 0) is 10.9 Å². The molecule has 2 aliphatic rings. The van der Waals surface area contributed by atoms with Crippen molar-refractivity contribution in [1.82, 2.24) is 9.88 Å². The van der Waals surface area contributed by atoms with Gasteiger partial charge in [0.1, 0.15) is 17.5 Å². The molecule has 0 bridgehead atoms. The third-order valence-electron chi connectivity index (χ3n) is 4.21. The first-order valence-corrected chi connectivity index (χ1v) is 7.21. The number of anilines is 1. The van der Waals surface area contributed by atoms with Crippen molar-refractivity contribution in [3.05, 3.63) is 23.4 Å². The second-order valence-corrected chi connectivity index (χ2v) is 5.69. The largest absolute Gasteiger partial charge is 0.465 e. The van der Waals surface area contributed by atoms with Gasteiger partial charge in [-0.1, -0.05) is 0 Å². The lowest BCUT2D eigenvalue weighted by atomic mass is 10.1. The number of piperazine rings is 1. The van der Waals surface area contributed by atoms with Crippen LogP contribution in [0.5, 0.6) is 0 Å². The van der Waals surface area contributed by atoms with E-state index in [0.29, 0.717) is 6.20 Å². The smallest absolute Gasteiger partial charge is 0.417 e. The second-order valence-electron chi connectivity index (χ2n) is 5.69. The summed E-state index contributed by atoms with van der Waals surface area (Å²) in [5.74, 6) is -0.806. The van der Waals surface area contributed by atoms with Gasteiger partial charge < -0.3 is 19.6 Å². The number of halogens is 3. The minimum absolute atomic E-state index is 0.0753. The highest BCUT2D eigenvalue weighted by Gasteiger charge is 2.41. The van der Waals surface area contributed by atoms with Crippen molar-refractivity contribution < 1.29 is 32.6 Å². The fourth-order valence-corrected chi connectivity index (χ4v) is 2.95. The fraction of sp³-hybridized carbons (Fsp3) is 0.500. The molecule has 0 saturated carbocycles. The average Bonchev–Trinajstić information content (AvgIpc) is 2.61. The molecule has 3 heterocycles. The fourth-order valence-electron chi connectivity index (χ4n) is 2.95. The Morgan fingerprint density at radius 2 is 2.12 bits per heavy atom. The van der Waals surface area contributed by atoms with Gasteiger partial charge in [0.25, 0.3) is 0 Å². The predicted molar refractivity (Wildman–Crippen MR) is 74.8 cm³/mol. The van der Waals surface area contributed by atoms with Crippen molar-refractivity contribution in [2.75, 3.05) is 24.5 Å². The number of hydrogen-bond acceptors (Lipinski definition) is 5. The summed E-state index contributed by atoms with van der Waals surface area (Å²) in [4.78, 5) is 30.0. The van der Waals surface area contributed by atoms with Gasteiger partial charge in [0, 0.05) is 25.8 Å². The maximum absolute atomic E-state index is 12.9. The Balaban J connectivity index is 2.03. The van der Waals surface area contributed by atoms with E-state index in [2.05, 4.69) is 4.98 Å². The number of alkyl halides is 3. The Labute approximate surface area is 134 Å². The van der Waals surface area contributed by atoms with E-state index < -0.39 is 35.9 Å². The van der Waals surface area contributed by atoms with Gasteiger partial charge in [-0.25, -0.2) is 14.6 Å². The quantitative estimate of drug-likeness (QED) is 0.723. The summed E-state index contributed by atoms with van der Waals surface area (Å²) < 4.78 is 43.8. The van der Waals surface area contributed by atoms with Crippen molar-refractivity contribution in [3.8, 4) is 0 Å². The molecule has 1 aromatic heterocycles. The zero-order chi connectivity index (χ0) is 17.6. The zero-order valence-corrected chi connectivity index (χ0v) is 12.6. The van der Waals surface area contributed by atoms with E-state index in [9.17, 15) is 22.8 Å². The topological polar surface area (TPSA) is 83.0 Å². The summed E-state index contributed by atoms with van der Waals surface area (Å²) in [7, 11) is 0. The van der Waals surface area contributed by atoms with E-state index in [1.807, 2.05) is 0 Å². The van der Waals surface area contributed by atoms with Crippen LogP contribution in [0.2, 0.25) is 0 Å². The molecule has 130 valence electrons. The van der Waals surface area contributed by atoms with E-state index in [1.165, 1.54) is 4.90 Å². The molecule has 1 fully saturated rings. The lowest BCUT2D eigenvalue weighted by molar-refractivity contribution is -0.137. The molecule has 0 aliphatic carbocycles. The summed E-state index contributed by atoms with van der Waals surface area (Å²) in [6.07, 6.45) is -5.74. The van der Waals surface area contributed by atoms with Crippen molar-refractivity contribution in [2.24, 2.45) is 0 Å². The molecular weight excluding hydrogens is 331 g/mol. The van der Waals surface area contributed by atoms with E-state index in [0.717, 1.165) is 6.07 Å². The van der Waals surface area contributed by atoms with Crippen LogP contribution in [0.3, 0.4) is 0 Å². The number of carbonyl (C=O) groups is 2. The number of amides is 1. The number of pyridine rings is 1. The van der Waals surface area contributed by atoms with Crippen LogP contribution < -0.4 is 4.90 Å². The molecule has 2 atom stereocenters. The van der Waals surface area contributed by atoms with E-state index in [1.54, 1.807) is 11.8 Å². The van der Waals surface area contributed by atoms with E-state index in [-0.39, 0.29) is 31.0 Å². The highest BCUT2D eigenvalue weighted by Crippen LogP contribution is 2.35. The van der Waals surface area contributed by atoms with Crippen LogP contribution in [0.1, 0.15) is 22.8 Å². The van der Waals surface area contributed by atoms with Crippen molar-refractivity contribution in [1.29, 1.82) is 0 Å². The SMILES string of the molecule is C[C@H]1OC(=O)c2cc(C(F)(F)F)cnc2N2CCN(C(=O)O)C[C@H]12. The molecular formula is C14H14F3N3O4. The number of fused-ring (bicyclic) bond motifs is 3. The van der Waals surface area contributed by atoms with Crippen LogP contribution in [0.15, 0.2) is 12.3 Å². The molecule has 0 aromatic carbocycles. The highest BCUT2D eigenvalue weighted by atomic mass is 19.4. The Kier molecular flexibility index (Phi) is 3.77. The highest BCUT2D eigenvalue weighted by molar-refractivity contribution is 5.96. The van der Waals surface area contributed by atoms with Gasteiger partial charge in [0.15, 0.2) is 0 Å². The molecule has 1 amide bonds. The van der Waals surface area contributed by atoms with Gasteiger partial charge in [0.05, 0.1) is 11.6 Å². The number of rotatable bonds is 0. The first-order chi connectivity index (χ1) is 11.2. The zero-order valence-electron chi connectivity index (χ0n) is 12.6. The van der Waals surface area contributed by atoms with Crippen molar-refractivity contribution >= 4 is 17.9 Å². The van der Waals surface area contributed by atoms with Gasteiger partial charge >= 0.3 is 18.2 Å². The van der Waals surface area contributed by atoms with Gasteiger partial charge in [-0.2, -0.15) is 13.2 Å². The number of nitrogens with zero attached hydrogens (tertiary/aromatic N) is 3.